The van der Waals surface area contributed by atoms with Crippen LogP contribution in [0.5, 0.6) is 0 Å². The molecule has 0 aliphatic rings. The van der Waals surface area contributed by atoms with Crippen molar-refractivity contribution < 1.29 is 4.39 Å². The molecule has 0 bridgehead atoms. The average molecular weight is 251 g/mol. The van der Waals surface area contributed by atoms with Gasteiger partial charge in [0.05, 0.1) is 5.52 Å². The lowest BCUT2D eigenvalue weighted by molar-refractivity contribution is 0.630. The second kappa shape index (κ2) is 4.47. The topological polar surface area (TPSA) is 12.9 Å². The molecular formula is C17H14FN. The summed E-state index contributed by atoms with van der Waals surface area (Å²) in [5.41, 5.74) is 4.26. The highest BCUT2D eigenvalue weighted by molar-refractivity contribution is 5.94. The van der Waals surface area contributed by atoms with Crippen molar-refractivity contribution in [3.8, 4) is 11.1 Å². The van der Waals surface area contributed by atoms with Crippen molar-refractivity contribution in [3.05, 3.63) is 65.6 Å². The Hall–Kier alpha value is -2.22. The van der Waals surface area contributed by atoms with Gasteiger partial charge in [-0.05, 0) is 43.2 Å². The minimum absolute atomic E-state index is 0.184. The quantitative estimate of drug-likeness (QED) is 0.613. The molecule has 0 amide bonds. The van der Waals surface area contributed by atoms with Crippen LogP contribution in [0.2, 0.25) is 0 Å². The van der Waals surface area contributed by atoms with Gasteiger partial charge in [-0.2, -0.15) is 0 Å². The number of pyridine rings is 1. The monoisotopic (exact) mass is 251 g/mol. The summed E-state index contributed by atoms with van der Waals surface area (Å²) in [6, 6.07) is 15.1. The van der Waals surface area contributed by atoms with Crippen LogP contribution in [0, 0.1) is 19.7 Å². The molecule has 2 aromatic carbocycles. The van der Waals surface area contributed by atoms with Gasteiger partial charge in [0.1, 0.15) is 5.82 Å². The molecule has 0 saturated carbocycles. The third kappa shape index (κ3) is 2.10. The summed E-state index contributed by atoms with van der Waals surface area (Å²) in [4.78, 5) is 4.49. The normalized spacial score (nSPS) is 10.9. The van der Waals surface area contributed by atoms with Crippen LogP contribution in [0.4, 0.5) is 4.39 Å². The Morgan fingerprint density at radius 3 is 2.47 bits per heavy atom. The zero-order chi connectivity index (χ0) is 13.4. The number of hydrogen-bond donors (Lipinski definition) is 0. The van der Waals surface area contributed by atoms with Crippen LogP contribution in [0.3, 0.4) is 0 Å². The molecule has 19 heavy (non-hydrogen) atoms. The first-order valence-electron chi connectivity index (χ1n) is 6.28. The minimum Gasteiger partial charge on any atom is -0.253 e. The van der Waals surface area contributed by atoms with E-state index < -0.39 is 0 Å². The van der Waals surface area contributed by atoms with E-state index in [2.05, 4.69) is 4.98 Å². The summed E-state index contributed by atoms with van der Waals surface area (Å²) in [5, 5.41) is 0.982. The van der Waals surface area contributed by atoms with Crippen molar-refractivity contribution in [3.63, 3.8) is 0 Å². The van der Waals surface area contributed by atoms with E-state index in [1.165, 1.54) is 0 Å². The van der Waals surface area contributed by atoms with Crippen LogP contribution in [0.15, 0.2) is 48.5 Å². The standard InChI is InChI=1S/C17H14FN/c1-11-7-8-13(16(18)9-11)15-10-12(2)19-17-6-4-3-5-14(15)17/h3-10H,1-2H3. The van der Waals surface area contributed by atoms with E-state index in [1.807, 2.05) is 56.3 Å². The summed E-state index contributed by atoms with van der Waals surface area (Å²) in [6.07, 6.45) is 0. The first-order valence-corrected chi connectivity index (χ1v) is 6.28. The fraction of sp³-hybridized carbons (Fsp3) is 0.118. The number of aromatic nitrogens is 1. The molecule has 1 aromatic heterocycles. The van der Waals surface area contributed by atoms with Crippen molar-refractivity contribution in [1.29, 1.82) is 0 Å². The van der Waals surface area contributed by atoms with Gasteiger partial charge < -0.3 is 0 Å². The largest absolute Gasteiger partial charge is 0.253 e. The number of hydrogen-bond acceptors (Lipinski definition) is 1. The summed E-state index contributed by atoms with van der Waals surface area (Å²) in [6.45, 7) is 3.82. The molecule has 0 N–H and O–H groups in total. The molecule has 94 valence electrons. The highest BCUT2D eigenvalue weighted by Crippen LogP contribution is 2.30. The van der Waals surface area contributed by atoms with E-state index in [9.17, 15) is 4.39 Å². The second-order valence-electron chi connectivity index (χ2n) is 4.81. The first-order chi connectivity index (χ1) is 9.15. The van der Waals surface area contributed by atoms with E-state index in [-0.39, 0.29) is 5.82 Å². The van der Waals surface area contributed by atoms with Gasteiger partial charge in [-0.1, -0.05) is 30.3 Å². The zero-order valence-corrected chi connectivity index (χ0v) is 10.9. The molecule has 0 spiro atoms. The summed E-state index contributed by atoms with van der Waals surface area (Å²) < 4.78 is 14.2. The fourth-order valence-electron chi connectivity index (χ4n) is 2.37. The maximum atomic E-state index is 14.2. The van der Waals surface area contributed by atoms with E-state index in [0.717, 1.165) is 27.7 Å². The second-order valence-corrected chi connectivity index (χ2v) is 4.81. The van der Waals surface area contributed by atoms with E-state index in [0.29, 0.717) is 5.56 Å². The smallest absolute Gasteiger partial charge is 0.131 e. The Bertz CT molecular complexity index is 762. The van der Waals surface area contributed by atoms with Crippen molar-refractivity contribution in [2.24, 2.45) is 0 Å². The molecule has 1 heterocycles. The predicted octanol–water partition coefficient (Wildman–Crippen LogP) is 4.66. The van der Waals surface area contributed by atoms with Crippen molar-refractivity contribution in [1.82, 2.24) is 4.98 Å². The van der Waals surface area contributed by atoms with Crippen LogP contribution >= 0.6 is 0 Å². The molecule has 3 rings (SSSR count). The molecule has 0 aliphatic carbocycles. The third-order valence-electron chi connectivity index (χ3n) is 3.26. The maximum absolute atomic E-state index is 14.2. The summed E-state index contributed by atoms with van der Waals surface area (Å²) in [5.74, 6) is -0.184. The number of nitrogens with zero attached hydrogens (tertiary/aromatic N) is 1. The SMILES string of the molecule is Cc1ccc(-c2cc(C)nc3ccccc23)c(F)c1. The lowest BCUT2D eigenvalue weighted by atomic mass is 9.99. The van der Waals surface area contributed by atoms with E-state index in [4.69, 9.17) is 0 Å². The maximum Gasteiger partial charge on any atom is 0.131 e. The molecule has 0 unspecified atom stereocenters. The third-order valence-corrected chi connectivity index (χ3v) is 3.26. The van der Waals surface area contributed by atoms with Crippen LogP contribution in [-0.2, 0) is 0 Å². The Kier molecular flexibility index (Phi) is 2.79. The first kappa shape index (κ1) is 11.8. The predicted molar refractivity (Wildman–Crippen MR) is 76.6 cm³/mol. The van der Waals surface area contributed by atoms with Gasteiger partial charge >= 0.3 is 0 Å². The Labute approximate surface area is 111 Å². The zero-order valence-electron chi connectivity index (χ0n) is 10.9. The van der Waals surface area contributed by atoms with Gasteiger partial charge in [-0.25, -0.2) is 4.39 Å². The lowest BCUT2D eigenvalue weighted by Crippen LogP contribution is -1.91. The number of halogens is 1. The Morgan fingerprint density at radius 1 is 0.895 bits per heavy atom. The molecule has 0 saturated heterocycles. The number of para-hydroxylation sites is 1. The fourth-order valence-corrected chi connectivity index (χ4v) is 2.37. The van der Waals surface area contributed by atoms with E-state index >= 15 is 0 Å². The average Bonchev–Trinajstić information content (AvgIpc) is 2.38. The molecule has 2 heteroatoms. The van der Waals surface area contributed by atoms with Gasteiger partial charge in [0.2, 0.25) is 0 Å². The van der Waals surface area contributed by atoms with Gasteiger partial charge in [0, 0.05) is 16.6 Å². The highest BCUT2D eigenvalue weighted by Gasteiger charge is 2.10. The summed E-state index contributed by atoms with van der Waals surface area (Å²) in [7, 11) is 0. The van der Waals surface area contributed by atoms with Crippen LogP contribution in [0.25, 0.3) is 22.0 Å². The van der Waals surface area contributed by atoms with Gasteiger partial charge in [0.25, 0.3) is 0 Å². The molecule has 0 radical (unpaired) electrons. The number of benzene rings is 2. The minimum atomic E-state index is -0.184. The van der Waals surface area contributed by atoms with Gasteiger partial charge in [0.15, 0.2) is 0 Å². The number of rotatable bonds is 1. The molecule has 0 atom stereocenters. The lowest BCUT2D eigenvalue weighted by Gasteiger charge is -2.09. The Morgan fingerprint density at radius 2 is 1.68 bits per heavy atom. The molecular weight excluding hydrogens is 237 g/mol. The molecule has 1 nitrogen and oxygen atoms in total. The van der Waals surface area contributed by atoms with Crippen LogP contribution < -0.4 is 0 Å². The number of aryl methyl sites for hydroxylation is 2. The number of fused-ring (bicyclic) bond motifs is 1. The molecule has 3 aromatic rings. The van der Waals surface area contributed by atoms with Gasteiger partial charge in [-0.15, -0.1) is 0 Å². The molecule has 0 fully saturated rings. The molecule has 0 aliphatic heterocycles. The van der Waals surface area contributed by atoms with Crippen molar-refractivity contribution >= 4 is 10.9 Å². The highest BCUT2D eigenvalue weighted by atomic mass is 19.1. The van der Waals surface area contributed by atoms with Crippen LogP contribution in [0.1, 0.15) is 11.3 Å². The summed E-state index contributed by atoms with van der Waals surface area (Å²) >= 11 is 0. The van der Waals surface area contributed by atoms with E-state index in [1.54, 1.807) is 6.07 Å². The van der Waals surface area contributed by atoms with Crippen molar-refractivity contribution in [2.45, 2.75) is 13.8 Å². The van der Waals surface area contributed by atoms with Crippen molar-refractivity contribution in [2.75, 3.05) is 0 Å². The van der Waals surface area contributed by atoms with Gasteiger partial charge in [-0.3, -0.25) is 4.98 Å². The Balaban J connectivity index is 2.35. The van der Waals surface area contributed by atoms with Crippen LogP contribution in [-0.4, -0.2) is 4.98 Å².